The van der Waals surface area contributed by atoms with Crippen molar-refractivity contribution in [1.82, 2.24) is 0 Å². The first-order chi connectivity index (χ1) is 10.2. The molecule has 0 spiro atoms. The molecule has 0 saturated carbocycles. The van der Waals surface area contributed by atoms with Gasteiger partial charge >= 0.3 is 0 Å². The minimum absolute atomic E-state index is 0.656. The fraction of sp³-hybridized carbons (Fsp3) is 0.412. The summed E-state index contributed by atoms with van der Waals surface area (Å²) in [6, 6.07) is 9.37. The summed E-state index contributed by atoms with van der Waals surface area (Å²) in [7, 11) is 0. The van der Waals surface area contributed by atoms with Gasteiger partial charge in [0, 0.05) is 10.6 Å². The van der Waals surface area contributed by atoms with Gasteiger partial charge in [-0.1, -0.05) is 43.0 Å². The monoisotopic (exact) mass is 326 g/mol. The van der Waals surface area contributed by atoms with Gasteiger partial charge in [-0.15, -0.1) is 0 Å². The summed E-state index contributed by atoms with van der Waals surface area (Å²) in [6.07, 6.45) is 5.18. The summed E-state index contributed by atoms with van der Waals surface area (Å²) in [4.78, 5) is 0. The van der Waals surface area contributed by atoms with E-state index < -0.39 is 0 Å². The zero-order valence-electron chi connectivity index (χ0n) is 12.4. The van der Waals surface area contributed by atoms with Gasteiger partial charge in [0.1, 0.15) is 12.3 Å². The highest BCUT2D eigenvalue weighted by atomic mass is 35.5. The molecule has 2 nitrogen and oxygen atoms in total. The maximum Gasteiger partial charge on any atom is 0.158 e. The molecule has 0 saturated heterocycles. The highest BCUT2D eigenvalue weighted by molar-refractivity contribution is 6.35. The minimum Gasteiger partial charge on any atom is -0.455 e. The normalized spacial score (nSPS) is 11.0. The number of quaternary nitrogens is 1. The predicted octanol–water partition coefficient (Wildman–Crippen LogP) is 4.90. The van der Waals surface area contributed by atoms with Crippen LogP contribution in [0.4, 0.5) is 0 Å². The highest BCUT2D eigenvalue weighted by Gasteiger charge is 2.10. The first kappa shape index (κ1) is 16.4. The van der Waals surface area contributed by atoms with Gasteiger partial charge < -0.3 is 9.73 Å². The Bertz CT molecular complexity index is 566. The van der Waals surface area contributed by atoms with Gasteiger partial charge in [-0.2, -0.15) is 0 Å². The number of hydrogen-bond acceptors (Lipinski definition) is 1. The average molecular weight is 327 g/mol. The SMILES string of the molecule is CCCCCC[NH2+]Cc1ccc(-c2cc(Cl)ccc2Cl)o1. The van der Waals surface area contributed by atoms with Crippen LogP contribution in [0.1, 0.15) is 38.4 Å². The molecule has 0 bridgehead atoms. The third-order valence-electron chi connectivity index (χ3n) is 3.46. The Labute approximate surface area is 136 Å². The molecule has 2 rings (SSSR count). The first-order valence-electron chi connectivity index (χ1n) is 7.56. The van der Waals surface area contributed by atoms with E-state index >= 15 is 0 Å². The summed E-state index contributed by atoms with van der Waals surface area (Å²) >= 11 is 12.2. The van der Waals surface area contributed by atoms with Crippen LogP contribution in [0.15, 0.2) is 34.7 Å². The van der Waals surface area contributed by atoms with Crippen LogP contribution in [0.3, 0.4) is 0 Å². The quantitative estimate of drug-likeness (QED) is 0.687. The fourth-order valence-electron chi connectivity index (χ4n) is 2.28. The lowest BCUT2D eigenvalue weighted by molar-refractivity contribution is -0.672. The Morgan fingerprint density at radius 3 is 2.71 bits per heavy atom. The topological polar surface area (TPSA) is 29.8 Å². The van der Waals surface area contributed by atoms with Gasteiger partial charge in [-0.3, -0.25) is 0 Å². The molecule has 114 valence electrons. The summed E-state index contributed by atoms with van der Waals surface area (Å²) in [5.41, 5.74) is 0.846. The summed E-state index contributed by atoms with van der Waals surface area (Å²) < 4.78 is 5.86. The van der Waals surface area contributed by atoms with Crippen LogP contribution in [0, 0.1) is 0 Å². The summed E-state index contributed by atoms with van der Waals surface area (Å²) in [6.45, 7) is 4.24. The molecular formula is C17H22Cl2NO+. The van der Waals surface area contributed by atoms with Crippen molar-refractivity contribution in [2.75, 3.05) is 6.54 Å². The molecule has 2 aromatic rings. The van der Waals surface area contributed by atoms with Gasteiger partial charge in [0.05, 0.1) is 11.6 Å². The van der Waals surface area contributed by atoms with Crippen molar-refractivity contribution in [3.8, 4) is 11.3 Å². The fourth-order valence-corrected chi connectivity index (χ4v) is 2.66. The molecule has 0 aliphatic rings. The van der Waals surface area contributed by atoms with Crippen molar-refractivity contribution in [3.05, 3.63) is 46.1 Å². The molecule has 0 unspecified atom stereocenters. The maximum absolute atomic E-state index is 6.19. The van der Waals surface area contributed by atoms with Crippen LogP contribution in [-0.2, 0) is 6.54 Å². The smallest absolute Gasteiger partial charge is 0.158 e. The number of nitrogens with two attached hydrogens (primary N) is 1. The zero-order chi connectivity index (χ0) is 15.1. The van der Waals surface area contributed by atoms with Gasteiger partial charge in [-0.25, -0.2) is 0 Å². The Kier molecular flexibility index (Phi) is 6.62. The Balaban J connectivity index is 1.88. The minimum atomic E-state index is 0.656. The number of unbranched alkanes of at least 4 members (excludes halogenated alkanes) is 3. The van der Waals surface area contributed by atoms with E-state index in [2.05, 4.69) is 12.2 Å². The highest BCUT2D eigenvalue weighted by Crippen LogP contribution is 2.31. The number of rotatable bonds is 8. The second kappa shape index (κ2) is 8.47. The molecule has 0 amide bonds. The molecule has 0 radical (unpaired) electrons. The second-order valence-electron chi connectivity index (χ2n) is 5.23. The Morgan fingerprint density at radius 1 is 1.05 bits per heavy atom. The molecule has 0 aliphatic heterocycles. The molecule has 1 aromatic heterocycles. The number of halogens is 2. The van der Waals surface area contributed by atoms with Gasteiger partial charge in [0.15, 0.2) is 5.76 Å². The van der Waals surface area contributed by atoms with Crippen molar-refractivity contribution < 1.29 is 9.73 Å². The van der Waals surface area contributed by atoms with Crippen molar-refractivity contribution in [1.29, 1.82) is 0 Å². The zero-order valence-corrected chi connectivity index (χ0v) is 13.9. The van der Waals surface area contributed by atoms with Gasteiger partial charge in [0.25, 0.3) is 0 Å². The molecule has 0 aliphatic carbocycles. The molecule has 2 N–H and O–H groups in total. The number of furan rings is 1. The van der Waals surface area contributed by atoms with Crippen LogP contribution in [0.5, 0.6) is 0 Å². The Hall–Kier alpha value is -0.960. The molecule has 1 aromatic carbocycles. The van der Waals surface area contributed by atoms with Crippen molar-refractivity contribution in [2.45, 2.75) is 39.2 Å². The molecule has 0 atom stereocenters. The Morgan fingerprint density at radius 2 is 1.90 bits per heavy atom. The predicted molar refractivity (Wildman–Crippen MR) is 88.8 cm³/mol. The van der Waals surface area contributed by atoms with Gasteiger partial charge in [-0.05, 0) is 43.2 Å². The third kappa shape index (κ3) is 5.06. The van der Waals surface area contributed by atoms with E-state index in [0.29, 0.717) is 10.0 Å². The first-order valence-corrected chi connectivity index (χ1v) is 8.32. The molecule has 21 heavy (non-hydrogen) atoms. The van der Waals surface area contributed by atoms with Crippen molar-refractivity contribution >= 4 is 23.2 Å². The second-order valence-corrected chi connectivity index (χ2v) is 6.08. The van der Waals surface area contributed by atoms with E-state index in [1.807, 2.05) is 18.2 Å². The molecule has 1 heterocycles. The van der Waals surface area contributed by atoms with Crippen LogP contribution < -0.4 is 5.32 Å². The van der Waals surface area contributed by atoms with Crippen LogP contribution in [0.25, 0.3) is 11.3 Å². The largest absolute Gasteiger partial charge is 0.455 e. The summed E-state index contributed by atoms with van der Waals surface area (Å²) in [5, 5.41) is 3.61. The number of hydrogen-bond donors (Lipinski definition) is 1. The van der Waals surface area contributed by atoms with E-state index in [4.69, 9.17) is 27.6 Å². The van der Waals surface area contributed by atoms with E-state index in [1.165, 1.54) is 25.7 Å². The van der Waals surface area contributed by atoms with E-state index in [0.717, 1.165) is 30.2 Å². The lowest BCUT2D eigenvalue weighted by atomic mass is 10.2. The standard InChI is InChI=1S/C17H21Cl2NO/c1-2-3-4-5-10-20-12-14-7-9-17(21-14)15-11-13(18)6-8-16(15)19/h6-9,11,20H,2-5,10,12H2,1H3/p+1. The number of benzene rings is 1. The van der Waals surface area contributed by atoms with E-state index in [9.17, 15) is 0 Å². The molecular weight excluding hydrogens is 305 g/mol. The third-order valence-corrected chi connectivity index (χ3v) is 4.03. The van der Waals surface area contributed by atoms with Gasteiger partial charge in [0.2, 0.25) is 0 Å². The van der Waals surface area contributed by atoms with Crippen LogP contribution in [-0.4, -0.2) is 6.54 Å². The van der Waals surface area contributed by atoms with Crippen LogP contribution >= 0.6 is 23.2 Å². The van der Waals surface area contributed by atoms with E-state index in [-0.39, 0.29) is 0 Å². The average Bonchev–Trinajstić information content (AvgIpc) is 2.94. The van der Waals surface area contributed by atoms with Crippen LogP contribution in [0.2, 0.25) is 10.0 Å². The molecule has 0 fully saturated rings. The lowest BCUT2D eigenvalue weighted by Crippen LogP contribution is -2.82. The van der Waals surface area contributed by atoms with E-state index in [1.54, 1.807) is 12.1 Å². The lowest BCUT2D eigenvalue weighted by Gasteiger charge is -2.02. The maximum atomic E-state index is 6.19. The summed E-state index contributed by atoms with van der Waals surface area (Å²) in [5.74, 6) is 1.74. The van der Waals surface area contributed by atoms with Crippen molar-refractivity contribution in [2.24, 2.45) is 0 Å². The molecule has 4 heteroatoms. The van der Waals surface area contributed by atoms with Crippen molar-refractivity contribution in [3.63, 3.8) is 0 Å².